The Balaban J connectivity index is 1.72. The van der Waals surface area contributed by atoms with Crippen LogP contribution in [0.3, 0.4) is 0 Å². The zero-order chi connectivity index (χ0) is 13.0. The summed E-state index contributed by atoms with van der Waals surface area (Å²) in [5.41, 5.74) is 1.30. The molecular weight excluding hydrogens is 226 g/mol. The van der Waals surface area contributed by atoms with Gasteiger partial charge in [-0.3, -0.25) is 9.58 Å². The molecule has 0 amide bonds. The van der Waals surface area contributed by atoms with Crippen LogP contribution in [0.4, 0.5) is 0 Å². The van der Waals surface area contributed by atoms with Crippen LogP contribution in [0.15, 0.2) is 12.4 Å². The first-order chi connectivity index (χ1) is 8.69. The lowest BCUT2D eigenvalue weighted by atomic mass is 10.2. The van der Waals surface area contributed by atoms with Crippen molar-refractivity contribution in [2.24, 2.45) is 7.05 Å². The summed E-state index contributed by atoms with van der Waals surface area (Å²) in [7, 11) is 1.95. The van der Waals surface area contributed by atoms with Gasteiger partial charge in [-0.1, -0.05) is 0 Å². The average molecular weight is 247 g/mol. The molecule has 2 heterocycles. The number of rotatable bonds is 4. The Morgan fingerprint density at radius 3 is 2.67 bits per heavy atom. The highest BCUT2D eigenvalue weighted by Gasteiger charge is 2.20. The maximum Gasteiger partial charge on any atom is 0.0950 e. The quantitative estimate of drug-likeness (QED) is 0.777. The normalized spacial score (nSPS) is 19.6. The number of nitrogens with zero attached hydrogens (tertiary/aromatic N) is 5. The minimum atomic E-state index is 0.0467. The molecule has 1 unspecified atom stereocenters. The van der Waals surface area contributed by atoms with E-state index in [-0.39, 0.29) is 6.04 Å². The second-order valence-corrected chi connectivity index (χ2v) is 4.95. The van der Waals surface area contributed by atoms with Crippen LogP contribution in [0.25, 0.3) is 0 Å². The van der Waals surface area contributed by atoms with Crippen LogP contribution in [0.1, 0.15) is 12.5 Å². The minimum Gasteiger partial charge on any atom is -0.300 e. The SMILES string of the molecule is CC(C#N)N1CCN(CCc2cnn(C)c2)CC1. The number of nitriles is 1. The van der Waals surface area contributed by atoms with Crippen molar-refractivity contribution in [1.29, 1.82) is 5.26 Å². The van der Waals surface area contributed by atoms with Crippen LogP contribution in [-0.4, -0.2) is 58.3 Å². The zero-order valence-corrected chi connectivity index (χ0v) is 11.2. The van der Waals surface area contributed by atoms with Crippen molar-refractivity contribution in [1.82, 2.24) is 19.6 Å². The summed E-state index contributed by atoms with van der Waals surface area (Å²) in [5.74, 6) is 0. The van der Waals surface area contributed by atoms with E-state index in [4.69, 9.17) is 5.26 Å². The molecular formula is C13H21N5. The Kier molecular flexibility index (Phi) is 4.34. The van der Waals surface area contributed by atoms with Gasteiger partial charge in [-0.2, -0.15) is 10.4 Å². The zero-order valence-electron chi connectivity index (χ0n) is 11.2. The minimum absolute atomic E-state index is 0.0467. The molecule has 5 nitrogen and oxygen atoms in total. The monoisotopic (exact) mass is 247 g/mol. The van der Waals surface area contributed by atoms with Crippen molar-refractivity contribution < 1.29 is 0 Å². The Labute approximate surface area is 109 Å². The van der Waals surface area contributed by atoms with Crippen molar-refractivity contribution in [3.8, 4) is 6.07 Å². The lowest BCUT2D eigenvalue weighted by Crippen LogP contribution is -2.49. The van der Waals surface area contributed by atoms with Crippen molar-refractivity contribution >= 4 is 0 Å². The largest absolute Gasteiger partial charge is 0.300 e. The highest BCUT2D eigenvalue weighted by molar-refractivity contribution is 5.04. The third-order valence-electron chi connectivity index (χ3n) is 3.62. The van der Waals surface area contributed by atoms with Gasteiger partial charge in [0.2, 0.25) is 0 Å². The van der Waals surface area contributed by atoms with Crippen LogP contribution in [0.2, 0.25) is 0 Å². The summed E-state index contributed by atoms with van der Waals surface area (Å²) in [4.78, 5) is 4.72. The molecule has 1 aliphatic rings. The molecule has 98 valence electrons. The summed E-state index contributed by atoms with van der Waals surface area (Å²) in [6.07, 6.45) is 5.07. The van der Waals surface area contributed by atoms with Crippen LogP contribution in [0, 0.1) is 11.3 Å². The molecule has 1 atom stereocenters. The highest BCUT2D eigenvalue weighted by Crippen LogP contribution is 2.07. The molecule has 0 bridgehead atoms. The van der Waals surface area contributed by atoms with Crippen molar-refractivity contribution in [2.75, 3.05) is 32.7 Å². The predicted octanol–water partition coefficient (Wildman–Crippen LogP) is 0.492. The second kappa shape index (κ2) is 5.98. The van der Waals surface area contributed by atoms with E-state index >= 15 is 0 Å². The fourth-order valence-electron chi connectivity index (χ4n) is 2.34. The van der Waals surface area contributed by atoms with E-state index in [9.17, 15) is 0 Å². The van der Waals surface area contributed by atoms with Crippen molar-refractivity contribution in [3.05, 3.63) is 18.0 Å². The van der Waals surface area contributed by atoms with Gasteiger partial charge in [-0.15, -0.1) is 0 Å². The van der Waals surface area contributed by atoms with Crippen LogP contribution in [0.5, 0.6) is 0 Å². The summed E-state index contributed by atoms with van der Waals surface area (Å²) in [6.45, 7) is 7.19. The van der Waals surface area contributed by atoms with Crippen LogP contribution < -0.4 is 0 Å². The van der Waals surface area contributed by atoms with E-state index in [1.165, 1.54) is 5.56 Å². The number of aryl methyl sites for hydroxylation is 1. The lowest BCUT2D eigenvalue weighted by molar-refractivity contribution is 0.120. The maximum atomic E-state index is 8.89. The highest BCUT2D eigenvalue weighted by atomic mass is 15.3. The molecule has 0 radical (unpaired) electrons. The van der Waals surface area contributed by atoms with Crippen molar-refractivity contribution in [3.63, 3.8) is 0 Å². The van der Waals surface area contributed by atoms with E-state index in [1.54, 1.807) is 0 Å². The predicted molar refractivity (Wildman–Crippen MR) is 70.0 cm³/mol. The third-order valence-corrected chi connectivity index (χ3v) is 3.62. The third kappa shape index (κ3) is 3.31. The Hall–Kier alpha value is -1.38. The lowest BCUT2D eigenvalue weighted by Gasteiger charge is -2.35. The summed E-state index contributed by atoms with van der Waals surface area (Å²) >= 11 is 0. The second-order valence-electron chi connectivity index (χ2n) is 4.95. The molecule has 18 heavy (non-hydrogen) atoms. The summed E-state index contributed by atoms with van der Waals surface area (Å²) in [5, 5.41) is 13.1. The van der Waals surface area contributed by atoms with Gasteiger partial charge < -0.3 is 4.90 Å². The maximum absolute atomic E-state index is 8.89. The van der Waals surface area contributed by atoms with Gasteiger partial charge in [0.05, 0.1) is 18.3 Å². The van der Waals surface area contributed by atoms with Crippen LogP contribution in [-0.2, 0) is 13.5 Å². The van der Waals surface area contributed by atoms with E-state index < -0.39 is 0 Å². The van der Waals surface area contributed by atoms with Crippen LogP contribution >= 0.6 is 0 Å². The van der Waals surface area contributed by atoms with Gasteiger partial charge in [0.25, 0.3) is 0 Å². The van der Waals surface area contributed by atoms with E-state index in [1.807, 2.05) is 24.9 Å². The summed E-state index contributed by atoms with van der Waals surface area (Å²) < 4.78 is 1.85. The van der Waals surface area contributed by atoms with E-state index in [0.29, 0.717) is 0 Å². The van der Waals surface area contributed by atoms with Gasteiger partial charge >= 0.3 is 0 Å². The molecule has 0 aromatic carbocycles. The Morgan fingerprint density at radius 2 is 2.11 bits per heavy atom. The first-order valence-corrected chi connectivity index (χ1v) is 6.52. The molecule has 1 aliphatic heterocycles. The average Bonchev–Trinajstić information content (AvgIpc) is 2.82. The van der Waals surface area contributed by atoms with Gasteiger partial charge in [0.1, 0.15) is 0 Å². The number of piperazine rings is 1. The van der Waals surface area contributed by atoms with Crippen molar-refractivity contribution in [2.45, 2.75) is 19.4 Å². The van der Waals surface area contributed by atoms with E-state index in [0.717, 1.165) is 39.1 Å². The van der Waals surface area contributed by atoms with E-state index in [2.05, 4.69) is 27.2 Å². The molecule has 1 saturated heterocycles. The molecule has 1 aromatic heterocycles. The van der Waals surface area contributed by atoms with Gasteiger partial charge in [0.15, 0.2) is 0 Å². The Morgan fingerprint density at radius 1 is 1.39 bits per heavy atom. The molecule has 0 spiro atoms. The first-order valence-electron chi connectivity index (χ1n) is 6.52. The number of hydrogen-bond donors (Lipinski definition) is 0. The molecule has 5 heteroatoms. The molecule has 0 saturated carbocycles. The smallest absolute Gasteiger partial charge is 0.0950 e. The molecule has 2 rings (SSSR count). The topological polar surface area (TPSA) is 48.1 Å². The summed E-state index contributed by atoms with van der Waals surface area (Å²) in [6, 6.07) is 2.35. The first kappa shape index (κ1) is 13.1. The number of aromatic nitrogens is 2. The molecule has 0 aliphatic carbocycles. The molecule has 1 aromatic rings. The molecule has 1 fully saturated rings. The molecule has 0 N–H and O–H groups in total. The van der Waals surface area contributed by atoms with Gasteiger partial charge in [-0.05, 0) is 18.9 Å². The fraction of sp³-hybridized carbons (Fsp3) is 0.692. The fourth-order valence-corrected chi connectivity index (χ4v) is 2.34. The van der Waals surface area contributed by atoms with Gasteiger partial charge in [-0.25, -0.2) is 0 Å². The standard InChI is InChI=1S/C13H21N5/c1-12(9-14)18-7-5-17(6-8-18)4-3-13-10-15-16(2)11-13/h10-12H,3-8H2,1-2H3. The van der Waals surface area contributed by atoms with Gasteiger partial charge in [0, 0.05) is 46.0 Å². The Bertz CT molecular complexity index is 411. The number of hydrogen-bond acceptors (Lipinski definition) is 4.